The van der Waals surface area contributed by atoms with Crippen molar-refractivity contribution in [3.8, 4) is 6.07 Å². The van der Waals surface area contributed by atoms with Crippen LogP contribution in [0.4, 0.5) is 0 Å². The van der Waals surface area contributed by atoms with Crippen LogP contribution in [0.15, 0.2) is 24.3 Å². The first-order valence-electron chi connectivity index (χ1n) is 6.16. The van der Waals surface area contributed by atoms with Crippen LogP contribution < -0.4 is 5.32 Å². The second-order valence-electron chi connectivity index (χ2n) is 4.51. The van der Waals surface area contributed by atoms with Gasteiger partial charge in [0.1, 0.15) is 0 Å². The van der Waals surface area contributed by atoms with E-state index >= 15 is 0 Å². The predicted molar refractivity (Wildman–Crippen MR) is 66.4 cm³/mol. The Morgan fingerprint density at radius 2 is 2.18 bits per heavy atom. The zero-order valence-electron chi connectivity index (χ0n) is 9.98. The second kappa shape index (κ2) is 6.39. The normalized spacial score (nSPS) is 19.1. The van der Waals surface area contributed by atoms with Crippen LogP contribution in [-0.4, -0.2) is 19.7 Å². The molecule has 1 aliphatic heterocycles. The lowest BCUT2D eigenvalue weighted by Crippen LogP contribution is -2.10. The molecule has 0 saturated carbocycles. The summed E-state index contributed by atoms with van der Waals surface area (Å²) in [6.45, 7) is 3.76. The standard InChI is InChI=1S/C14H18N2O/c15-9-12-1-3-14(4-2-12)11-17-8-6-13-5-7-16-10-13/h1-4,13,16H,5-8,10-11H2. The maximum Gasteiger partial charge on any atom is 0.0991 e. The molecule has 0 aromatic heterocycles. The van der Waals surface area contributed by atoms with Crippen molar-refractivity contribution in [2.45, 2.75) is 19.4 Å². The van der Waals surface area contributed by atoms with Gasteiger partial charge in [-0.05, 0) is 49.5 Å². The highest BCUT2D eigenvalue weighted by Gasteiger charge is 2.13. The SMILES string of the molecule is N#Cc1ccc(COCCC2CCNC2)cc1. The average Bonchev–Trinajstić information content (AvgIpc) is 2.88. The summed E-state index contributed by atoms with van der Waals surface area (Å²) >= 11 is 0. The molecule has 0 bridgehead atoms. The van der Waals surface area contributed by atoms with Gasteiger partial charge in [-0.2, -0.15) is 5.26 Å². The highest BCUT2D eigenvalue weighted by atomic mass is 16.5. The van der Waals surface area contributed by atoms with E-state index in [1.54, 1.807) is 0 Å². The molecular weight excluding hydrogens is 212 g/mol. The van der Waals surface area contributed by atoms with Crippen molar-refractivity contribution >= 4 is 0 Å². The molecule has 1 N–H and O–H groups in total. The summed E-state index contributed by atoms with van der Waals surface area (Å²) in [5, 5.41) is 12.0. The molecule has 1 unspecified atom stereocenters. The Labute approximate surface area is 102 Å². The highest BCUT2D eigenvalue weighted by Crippen LogP contribution is 2.12. The predicted octanol–water partition coefficient (Wildman–Crippen LogP) is 2.07. The smallest absolute Gasteiger partial charge is 0.0991 e. The number of benzene rings is 1. The molecule has 0 amide bonds. The summed E-state index contributed by atoms with van der Waals surface area (Å²) in [6.07, 6.45) is 2.42. The largest absolute Gasteiger partial charge is 0.377 e. The van der Waals surface area contributed by atoms with Crippen molar-refractivity contribution in [2.75, 3.05) is 19.7 Å². The van der Waals surface area contributed by atoms with Gasteiger partial charge in [0.2, 0.25) is 0 Å². The molecule has 90 valence electrons. The van der Waals surface area contributed by atoms with E-state index in [2.05, 4.69) is 11.4 Å². The fraction of sp³-hybridized carbons (Fsp3) is 0.500. The van der Waals surface area contributed by atoms with Gasteiger partial charge in [-0.25, -0.2) is 0 Å². The van der Waals surface area contributed by atoms with E-state index in [0.29, 0.717) is 12.2 Å². The first kappa shape index (κ1) is 12.1. The van der Waals surface area contributed by atoms with Crippen LogP contribution >= 0.6 is 0 Å². The Morgan fingerprint density at radius 1 is 1.35 bits per heavy atom. The third-order valence-corrected chi connectivity index (χ3v) is 3.18. The topological polar surface area (TPSA) is 45.0 Å². The average molecular weight is 230 g/mol. The summed E-state index contributed by atoms with van der Waals surface area (Å²) in [5.74, 6) is 0.788. The first-order valence-corrected chi connectivity index (χ1v) is 6.16. The highest BCUT2D eigenvalue weighted by molar-refractivity contribution is 5.31. The number of nitrogens with zero attached hydrogens (tertiary/aromatic N) is 1. The molecule has 1 fully saturated rings. The van der Waals surface area contributed by atoms with Crippen molar-refractivity contribution in [1.29, 1.82) is 5.26 Å². The van der Waals surface area contributed by atoms with Gasteiger partial charge in [0.15, 0.2) is 0 Å². The van der Waals surface area contributed by atoms with E-state index in [1.165, 1.54) is 6.42 Å². The van der Waals surface area contributed by atoms with Crippen LogP contribution in [0.1, 0.15) is 24.0 Å². The monoisotopic (exact) mass is 230 g/mol. The molecule has 3 heteroatoms. The van der Waals surface area contributed by atoms with Gasteiger partial charge in [0.25, 0.3) is 0 Å². The maximum atomic E-state index is 8.68. The zero-order valence-corrected chi connectivity index (χ0v) is 9.98. The molecule has 0 aliphatic carbocycles. The summed E-state index contributed by atoms with van der Waals surface area (Å²) in [4.78, 5) is 0. The van der Waals surface area contributed by atoms with E-state index in [0.717, 1.165) is 37.6 Å². The molecule has 0 radical (unpaired) electrons. The van der Waals surface area contributed by atoms with Gasteiger partial charge in [-0.15, -0.1) is 0 Å². The van der Waals surface area contributed by atoms with Gasteiger partial charge in [0, 0.05) is 6.61 Å². The number of nitriles is 1. The third kappa shape index (κ3) is 3.85. The van der Waals surface area contributed by atoms with Crippen LogP contribution in [-0.2, 0) is 11.3 Å². The zero-order chi connectivity index (χ0) is 11.9. The van der Waals surface area contributed by atoms with Gasteiger partial charge < -0.3 is 10.1 Å². The van der Waals surface area contributed by atoms with Gasteiger partial charge in [-0.1, -0.05) is 12.1 Å². The molecular formula is C14H18N2O. The maximum absolute atomic E-state index is 8.68. The fourth-order valence-electron chi connectivity index (χ4n) is 2.08. The van der Waals surface area contributed by atoms with Crippen molar-refractivity contribution in [1.82, 2.24) is 5.32 Å². The van der Waals surface area contributed by atoms with Gasteiger partial charge in [-0.3, -0.25) is 0 Å². The van der Waals surface area contributed by atoms with Crippen molar-refractivity contribution in [3.63, 3.8) is 0 Å². The Balaban J connectivity index is 1.65. The molecule has 3 nitrogen and oxygen atoms in total. The number of rotatable bonds is 5. The molecule has 1 aromatic carbocycles. The van der Waals surface area contributed by atoms with Crippen LogP contribution in [0.3, 0.4) is 0 Å². The summed E-state index contributed by atoms with van der Waals surface area (Å²) in [7, 11) is 0. The van der Waals surface area contributed by atoms with Gasteiger partial charge >= 0.3 is 0 Å². The number of nitrogens with one attached hydrogen (secondary N) is 1. The molecule has 1 saturated heterocycles. The number of hydrogen-bond donors (Lipinski definition) is 1. The van der Waals surface area contributed by atoms with Crippen LogP contribution in [0.25, 0.3) is 0 Å². The van der Waals surface area contributed by atoms with E-state index in [1.807, 2.05) is 24.3 Å². The Morgan fingerprint density at radius 3 is 2.82 bits per heavy atom. The van der Waals surface area contributed by atoms with Crippen LogP contribution in [0, 0.1) is 17.2 Å². The minimum atomic E-state index is 0.645. The van der Waals surface area contributed by atoms with Crippen molar-refractivity contribution in [3.05, 3.63) is 35.4 Å². The first-order chi connectivity index (χ1) is 8.38. The lowest BCUT2D eigenvalue weighted by Gasteiger charge is -2.08. The van der Waals surface area contributed by atoms with E-state index in [-0.39, 0.29) is 0 Å². The quantitative estimate of drug-likeness (QED) is 0.788. The fourth-order valence-corrected chi connectivity index (χ4v) is 2.08. The minimum Gasteiger partial charge on any atom is -0.377 e. The molecule has 1 heterocycles. The molecule has 2 rings (SSSR count). The van der Waals surface area contributed by atoms with Crippen molar-refractivity contribution < 1.29 is 4.74 Å². The Kier molecular flexibility index (Phi) is 4.54. The second-order valence-corrected chi connectivity index (χ2v) is 4.51. The lowest BCUT2D eigenvalue weighted by atomic mass is 10.1. The van der Waals surface area contributed by atoms with E-state index in [9.17, 15) is 0 Å². The van der Waals surface area contributed by atoms with E-state index in [4.69, 9.17) is 10.00 Å². The summed E-state index contributed by atoms with van der Waals surface area (Å²) in [6, 6.07) is 9.68. The Bertz CT molecular complexity index is 374. The number of ether oxygens (including phenoxy) is 1. The number of hydrogen-bond acceptors (Lipinski definition) is 3. The molecule has 1 aromatic rings. The minimum absolute atomic E-state index is 0.645. The molecule has 1 atom stereocenters. The van der Waals surface area contributed by atoms with Crippen LogP contribution in [0.5, 0.6) is 0 Å². The summed E-state index contributed by atoms with van der Waals surface area (Å²) in [5.41, 5.74) is 1.83. The lowest BCUT2D eigenvalue weighted by molar-refractivity contribution is 0.109. The molecule has 1 aliphatic rings. The van der Waals surface area contributed by atoms with Crippen molar-refractivity contribution in [2.24, 2.45) is 5.92 Å². The van der Waals surface area contributed by atoms with Gasteiger partial charge in [0.05, 0.1) is 18.2 Å². The summed E-state index contributed by atoms with van der Waals surface area (Å²) < 4.78 is 5.64. The van der Waals surface area contributed by atoms with E-state index < -0.39 is 0 Å². The third-order valence-electron chi connectivity index (χ3n) is 3.18. The molecule has 0 spiro atoms. The molecule has 17 heavy (non-hydrogen) atoms. The van der Waals surface area contributed by atoms with Crippen LogP contribution in [0.2, 0.25) is 0 Å². The Hall–Kier alpha value is -1.37.